The average Bonchev–Trinajstić information content (AvgIpc) is 2.64. The molecule has 0 unspecified atom stereocenters. The molecule has 0 heterocycles. The molecule has 29 heavy (non-hydrogen) atoms. The molecule has 2 aromatic carbocycles. The lowest BCUT2D eigenvalue weighted by Gasteiger charge is -2.22. The fourth-order valence-corrected chi connectivity index (χ4v) is 2.55. The number of rotatable bonds is 9. The number of esters is 1. The van der Waals surface area contributed by atoms with E-state index >= 15 is 0 Å². The van der Waals surface area contributed by atoms with Crippen molar-refractivity contribution in [3.63, 3.8) is 0 Å². The molecule has 0 bridgehead atoms. The number of hydrogen-bond donors (Lipinski definition) is 2. The van der Waals surface area contributed by atoms with Gasteiger partial charge in [0.25, 0.3) is 0 Å². The number of benzene rings is 2. The predicted molar refractivity (Wildman–Crippen MR) is 99.9 cm³/mol. The summed E-state index contributed by atoms with van der Waals surface area (Å²) in [6, 6.07) is 6.28. The molecule has 2 N–H and O–H groups in total. The van der Waals surface area contributed by atoms with Gasteiger partial charge in [-0.3, -0.25) is 9.59 Å². The van der Waals surface area contributed by atoms with Crippen molar-refractivity contribution in [1.82, 2.24) is 0 Å². The molecule has 0 aromatic heterocycles. The molecule has 0 radical (unpaired) electrons. The van der Waals surface area contributed by atoms with E-state index in [9.17, 15) is 28.6 Å². The van der Waals surface area contributed by atoms with Gasteiger partial charge < -0.3 is 19.7 Å². The first-order valence-electron chi connectivity index (χ1n) is 8.90. The van der Waals surface area contributed by atoms with E-state index in [1.807, 2.05) is 0 Å². The molecule has 0 saturated heterocycles. The summed E-state index contributed by atoms with van der Waals surface area (Å²) < 4.78 is 36.9. The molecular formula is C21H22F2O6. The second-order valence-electron chi connectivity index (χ2n) is 7.15. The van der Waals surface area contributed by atoms with Gasteiger partial charge >= 0.3 is 5.97 Å². The standard InChI is InChI=1S/C21H22F2O6/c1-21(2,6-3-7-28-19-10-14(22)4-5-17(19)23)20(27)29-12-18(26)13-8-15(24)11-16(25)9-13/h4-5,8-11,24-25H,3,6-7,12H2,1-2H3. The van der Waals surface area contributed by atoms with Gasteiger partial charge in [-0.1, -0.05) is 0 Å². The van der Waals surface area contributed by atoms with Crippen molar-refractivity contribution in [2.45, 2.75) is 26.7 Å². The molecule has 0 saturated carbocycles. The number of carbonyl (C=O) groups excluding carboxylic acids is 2. The van der Waals surface area contributed by atoms with E-state index in [0.29, 0.717) is 12.8 Å². The number of halogens is 2. The molecule has 0 aliphatic heterocycles. The lowest BCUT2D eigenvalue weighted by molar-refractivity contribution is -0.153. The number of ketones is 1. The van der Waals surface area contributed by atoms with Crippen LogP contribution in [0.15, 0.2) is 36.4 Å². The Kier molecular flexibility index (Phi) is 7.14. The molecular weight excluding hydrogens is 386 g/mol. The third-order valence-electron chi connectivity index (χ3n) is 4.21. The number of ether oxygens (including phenoxy) is 2. The molecule has 0 atom stereocenters. The minimum absolute atomic E-state index is 0.0126. The smallest absolute Gasteiger partial charge is 0.311 e. The highest BCUT2D eigenvalue weighted by molar-refractivity contribution is 5.98. The quantitative estimate of drug-likeness (QED) is 0.370. The Balaban J connectivity index is 1.81. The monoisotopic (exact) mass is 408 g/mol. The molecule has 8 heteroatoms. The Bertz CT molecular complexity index is 874. The van der Waals surface area contributed by atoms with Crippen molar-refractivity contribution in [2.24, 2.45) is 5.41 Å². The Hall–Kier alpha value is -3.16. The van der Waals surface area contributed by atoms with E-state index in [-0.39, 0.29) is 29.4 Å². The highest BCUT2D eigenvalue weighted by Crippen LogP contribution is 2.26. The van der Waals surface area contributed by atoms with Crippen LogP contribution in [0.25, 0.3) is 0 Å². The maximum Gasteiger partial charge on any atom is 0.311 e. The number of phenols is 2. The van der Waals surface area contributed by atoms with Gasteiger partial charge in [-0.15, -0.1) is 0 Å². The topological polar surface area (TPSA) is 93.1 Å². The second kappa shape index (κ2) is 9.36. The van der Waals surface area contributed by atoms with Crippen molar-refractivity contribution < 1.29 is 38.1 Å². The molecule has 0 fully saturated rings. The Morgan fingerprint density at radius 2 is 1.69 bits per heavy atom. The minimum Gasteiger partial charge on any atom is -0.508 e. The van der Waals surface area contributed by atoms with Gasteiger partial charge in [0.05, 0.1) is 12.0 Å². The number of carbonyl (C=O) groups is 2. The zero-order valence-corrected chi connectivity index (χ0v) is 16.1. The molecule has 2 aromatic rings. The third-order valence-corrected chi connectivity index (χ3v) is 4.21. The van der Waals surface area contributed by atoms with E-state index in [4.69, 9.17) is 9.47 Å². The van der Waals surface area contributed by atoms with E-state index in [1.54, 1.807) is 13.8 Å². The fraction of sp³-hybridized carbons (Fsp3) is 0.333. The normalized spacial score (nSPS) is 11.2. The highest BCUT2D eigenvalue weighted by atomic mass is 19.1. The van der Waals surface area contributed by atoms with Crippen LogP contribution in [-0.2, 0) is 9.53 Å². The molecule has 0 spiro atoms. The van der Waals surface area contributed by atoms with Crippen LogP contribution in [0.3, 0.4) is 0 Å². The summed E-state index contributed by atoms with van der Waals surface area (Å²) in [7, 11) is 0. The number of aromatic hydroxyl groups is 2. The summed E-state index contributed by atoms with van der Waals surface area (Å²) in [5.74, 6) is -3.26. The Morgan fingerprint density at radius 1 is 1.03 bits per heavy atom. The minimum atomic E-state index is -0.939. The first-order chi connectivity index (χ1) is 13.6. The molecule has 6 nitrogen and oxygen atoms in total. The summed E-state index contributed by atoms with van der Waals surface area (Å²) in [5, 5.41) is 18.8. The zero-order valence-electron chi connectivity index (χ0n) is 16.1. The van der Waals surface area contributed by atoms with Crippen LogP contribution in [0.4, 0.5) is 8.78 Å². The van der Waals surface area contributed by atoms with Gasteiger partial charge in [0.2, 0.25) is 5.78 Å². The number of phenolic OH excluding ortho intramolecular Hbond substituents is 2. The Labute approximate surface area is 166 Å². The third kappa shape index (κ3) is 6.44. The summed E-state index contributed by atoms with van der Waals surface area (Å²) >= 11 is 0. The van der Waals surface area contributed by atoms with Crippen LogP contribution in [0.1, 0.15) is 37.0 Å². The molecule has 0 aliphatic rings. The first-order valence-corrected chi connectivity index (χ1v) is 8.90. The van der Waals surface area contributed by atoms with Gasteiger partial charge in [-0.2, -0.15) is 0 Å². The Morgan fingerprint density at radius 3 is 2.34 bits per heavy atom. The molecule has 156 valence electrons. The van der Waals surface area contributed by atoms with Gasteiger partial charge in [-0.25, -0.2) is 8.78 Å². The van der Waals surface area contributed by atoms with Crippen LogP contribution in [0.5, 0.6) is 17.2 Å². The summed E-state index contributed by atoms with van der Waals surface area (Å²) in [4.78, 5) is 24.3. The van der Waals surface area contributed by atoms with Crippen LogP contribution >= 0.6 is 0 Å². The van der Waals surface area contributed by atoms with Gasteiger partial charge in [0, 0.05) is 17.7 Å². The fourth-order valence-electron chi connectivity index (χ4n) is 2.55. The summed E-state index contributed by atoms with van der Waals surface area (Å²) in [5.41, 5.74) is -0.927. The first kappa shape index (κ1) is 22.1. The van der Waals surface area contributed by atoms with Crippen LogP contribution in [-0.4, -0.2) is 35.2 Å². The van der Waals surface area contributed by atoms with Gasteiger partial charge in [0.1, 0.15) is 17.3 Å². The van der Waals surface area contributed by atoms with Crippen LogP contribution < -0.4 is 4.74 Å². The van der Waals surface area contributed by atoms with Crippen molar-refractivity contribution in [3.8, 4) is 17.2 Å². The van der Waals surface area contributed by atoms with E-state index in [2.05, 4.69) is 0 Å². The number of Topliss-reactive ketones (excluding diaryl/α,β-unsaturated/α-hetero) is 1. The average molecular weight is 408 g/mol. The van der Waals surface area contributed by atoms with Crippen LogP contribution in [0.2, 0.25) is 0 Å². The van der Waals surface area contributed by atoms with Crippen LogP contribution in [0, 0.1) is 17.0 Å². The van der Waals surface area contributed by atoms with Crippen molar-refractivity contribution in [3.05, 3.63) is 53.6 Å². The lowest BCUT2D eigenvalue weighted by atomic mass is 9.88. The predicted octanol–water partition coefficient (Wildman–Crippen LogP) is 3.99. The van der Waals surface area contributed by atoms with Crippen molar-refractivity contribution in [2.75, 3.05) is 13.2 Å². The SMILES string of the molecule is CC(C)(CCCOc1cc(F)ccc1F)C(=O)OCC(=O)c1cc(O)cc(O)c1. The lowest BCUT2D eigenvalue weighted by Crippen LogP contribution is -2.29. The summed E-state index contributed by atoms with van der Waals surface area (Å²) in [6.07, 6.45) is 0.691. The maximum absolute atomic E-state index is 13.5. The second-order valence-corrected chi connectivity index (χ2v) is 7.15. The van der Waals surface area contributed by atoms with E-state index in [0.717, 1.165) is 36.4 Å². The largest absolute Gasteiger partial charge is 0.508 e. The maximum atomic E-state index is 13.5. The zero-order chi connectivity index (χ0) is 21.6. The van der Waals surface area contributed by atoms with E-state index in [1.165, 1.54) is 0 Å². The molecule has 0 aliphatic carbocycles. The van der Waals surface area contributed by atoms with Gasteiger partial charge in [-0.05, 0) is 51.0 Å². The van der Waals surface area contributed by atoms with Crippen molar-refractivity contribution in [1.29, 1.82) is 0 Å². The van der Waals surface area contributed by atoms with Crippen molar-refractivity contribution >= 4 is 11.8 Å². The molecule has 0 amide bonds. The van der Waals surface area contributed by atoms with E-state index < -0.39 is 35.4 Å². The number of hydrogen-bond acceptors (Lipinski definition) is 6. The molecule has 2 rings (SSSR count). The summed E-state index contributed by atoms with van der Waals surface area (Å²) in [6.45, 7) is 2.78. The van der Waals surface area contributed by atoms with Gasteiger partial charge in [0.15, 0.2) is 18.2 Å². The highest BCUT2D eigenvalue weighted by Gasteiger charge is 2.29.